The van der Waals surface area contributed by atoms with E-state index in [9.17, 15) is 0 Å². The van der Waals surface area contributed by atoms with Gasteiger partial charge >= 0.3 is 0 Å². The molecule has 0 spiro atoms. The Morgan fingerprint density at radius 2 is 2.00 bits per heavy atom. The number of methoxy groups -OCH3 is 1. The Balaban J connectivity index is 0.00000128. The van der Waals surface area contributed by atoms with Crippen LogP contribution in [-0.2, 0) is 6.54 Å². The second-order valence-corrected chi connectivity index (χ2v) is 3.05. The van der Waals surface area contributed by atoms with Gasteiger partial charge in [-0.15, -0.1) is 12.4 Å². The summed E-state index contributed by atoms with van der Waals surface area (Å²) in [5.41, 5.74) is 6.37. The van der Waals surface area contributed by atoms with E-state index in [0.717, 1.165) is 17.1 Å². The summed E-state index contributed by atoms with van der Waals surface area (Å²) in [5, 5.41) is 0. The number of hydrogen-bond donors (Lipinski definition) is 1. The van der Waals surface area contributed by atoms with Crippen LogP contribution in [0, 0.1) is 0 Å². The van der Waals surface area contributed by atoms with Crippen LogP contribution in [0.15, 0.2) is 34.9 Å². The summed E-state index contributed by atoms with van der Waals surface area (Å²) >= 11 is 0. The van der Waals surface area contributed by atoms with Crippen LogP contribution in [0.2, 0.25) is 0 Å². The van der Waals surface area contributed by atoms with Crippen LogP contribution in [0.5, 0.6) is 5.75 Å². The van der Waals surface area contributed by atoms with Crippen LogP contribution >= 0.6 is 12.4 Å². The van der Waals surface area contributed by atoms with E-state index in [4.69, 9.17) is 14.9 Å². The van der Waals surface area contributed by atoms with Gasteiger partial charge in [-0.05, 0) is 24.3 Å². The highest BCUT2D eigenvalue weighted by Crippen LogP contribution is 2.22. The number of hydrogen-bond acceptors (Lipinski definition) is 4. The van der Waals surface area contributed by atoms with E-state index in [1.54, 1.807) is 13.3 Å². The quantitative estimate of drug-likeness (QED) is 0.894. The highest BCUT2D eigenvalue weighted by atomic mass is 35.5. The van der Waals surface area contributed by atoms with Gasteiger partial charge in [-0.2, -0.15) is 0 Å². The summed E-state index contributed by atoms with van der Waals surface area (Å²) in [6, 6.07) is 7.58. The van der Waals surface area contributed by atoms with E-state index in [1.165, 1.54) is 0 Å². The van der Waals surface area contributed by atoms with Crippen LogP contribution < -0.4 is 10.5 Å². The van der Waals surface area contributed by atoms with Crippen LogP contribution in [0.1, 0.15) is 5.89 Å². The predicted molar refractivity (Wildman–Crippen MR) is 63.6 cm³/mol. The molecule has 1 aromatic carbocycles. The SMILES string of the molecule is COc1ccc(-c2cnc(CN)o2)cc1.Cl. The smallest absolute Gasteiger partial charge is 0.208 e. The van der Waals surface area contributed by atoms with Crippen molar-refractivity contribution in [1.82, 2.24) is 4.98 Å². The van der Waals surface area contributed by atoms with Gasteiger partial charge in [-0.1, -0.05) is 0 Å². The fourth-order valence-electron chi connectivity index (χ4n) is 1.29. The van der Waals surface area contributed by atoms with Crippen molar-refractivity contribution < 1.29 is 9.15 Å². The van der Waals surface area contributed by atoms with Gasteiger partial charge in [-0.3, -0.25) is 0 Å². The lowest BCUT2D eigenvalue weighted by Gasteiger charge is -1.99. The molecule has 0 radical (unpaired) electrons. The maximum absolute atomic E-state index is 5.42. The minimum Gasteiger partial charge on any atom is -0.497 e. The second-order valence-electron chi connectivity index (χ2n) is 3.05. The van der Waals surface area contributed by atoms with Gasteiger partial charge in [0.1, 0.15) is 5.75 Å². The Morgan fingerprint density at radius 3 is 2.50 bits per heavy atom. The standard InChI is InChI=1S/C11H12N2O2.ClH/c1-14-9-4-2-8(3-5-9)10-7-13-11(6-12)15-10;/h2-5,7H,6,12H2,1H3;1H. The molecule has 0 amide bonds. The summed E-state index contributed by atoms with van der Waals surface area (Å²) < 4.78 is 10.5. The Kier molecular flexibility index (Phi) is 4.34. The van der Waals surface area contributed by atoms with Gasteiger partial charge in [0.2, 0.25) is 5.89 Å². The van der Waals surface area contributed by atoms with E-state index in [0.29, 0.717) is 12.4 Å². The molecule has 16 heavy (non-hydrogen) atoms. The van der Waals surface area contributed by atoms with Gasteiger partial charge in [0.25, 0.3) is 0 Å². The van der Waals surface area contributed by atoms with Crippen molar-refractivity contribution in [3.8, 4) is 17.1 Å². The third-order valence-electron chi connectivity index (χ3n) is 2.10. The maximum Gasteiger partial charge on any atom is 0.208 e. The van der Waals surface area contributed by atoms with Gasteiger partial charge in [0, 0.05) is 5.56 Å². The number of aromatic nitrogens is 1. The van der Waals surface area contributed by atoms with E-state index < -0.39 is 0 Å². The molecule has 1 heterocycles. The van der Waals surface area contributed by atoms with Crippen molar-refractivity contribution >= 4 is 12.4 Å². The summed E-state index contributed by atoms with van der Waals surface area (Å²) in [5.74, 6) is 2.08. The van der Waals surface area contributed by atoms with Crippen molar-refractivity contribution in [3.63, 3.8) is 0 Å². The Labute approximate surface area is 99.8 Å². The molecule has 0 saturated heterocycles. The number of oxazole rings is 1. The van der Waals surface area contributed by atoms with E-state index in [1.807, 2.05) is 24.3 Å². The first-order valence-corrected chi connectivity index (χ1v) is 4.62. The zero-order valence-corrected chi connectivity index (χ0v) is 9.66. The largest absolute Gasteiger partial charge is 0.497 e. The molecule has 0 atom stereocenters. The van der Waals surface area contributed by atoms with Gasteiger partial charge in [0.05, 0.1) is 19.9 Å². The highest BCUT2D eigenvalue weighted by molar-refractivity contribution is 5.85. The predicted octanol–water partition coefficient (Wildman–Crippen LogP) is 2.23. The van der Waals surface area contributed by atoms with E-state index in [2.05, 4.69) is 4.98 Å². The third kappa shape index (κ3) is 2.53. The summed E-state index contributed by atoms with van der Waals surface area (Å²) in [7, 11) is 1.63. The molecule has 0 aliphatic carbocycles. The molecule has 4 nitrogen and oxygen atoms in total. The van der Waals surface area contributed by atoms with E-state index in [-0.39, 0.29) is 12.4 Å². The van der Waals surface area contributed by atoms with Gasteiger partial charge in [-0.25, -0.2) is 4.98 Å². The molecule has 0 unspecified atom stereocenters. The molecule has 2 aromatic rings. The van der Waals surface area contributed by atoms with Crippen molar-refractivity contribution in [2.24, 2.45) is 5.73 Å². The maximum atomic E-state index is 5.42. The first kappa shape index (κ1) is 12.5. The average Bonchev–Trinajstić information content (AvgIpc) is 2.78. The lowest BCUT2D eigenvalue weighted by atomic mass is 10.2. The molecular formula is C11H13ClN2O2. The van der Waals surface area contributed by atoms with E-state index >= 15 is 0 Å². The summed E-state index contributed by atoms with van der Waals surface area (Å²) in [6.07, 6.45) is 1.67. The molecule has 0 fully saturated rings. The van der Waals surface area contributed by atoms with Crippen LogP contribution in [0.3, 0.4) is 0 Å². The minimum absolute atomic E-state index is 0. The summed E-state index contributed by atoms with van der Waals surface area (Å²) in [6.45, 7) is 0.316. The number of halogens is 1. The molecular weight excluding hydrogens is 228 g/mol. The molecule has 0 aliphatic heterocycles. The fourth-order valence-corrected chi connectivity index (χ4v) is 1.29. The number of nitrogens with two attached hydrogens (primary N) is 1. The first-order chi connectivity index (χ1) is 7.33. The molecule has 5 heteroatoms. The lowest BCUT2D eigenvalue weighted by Crippen LogP contribution is -1.94. The Morgan fingerprint density at radius 1 is 1.31 bits per heavy atom. The Hall–Kier alpha value is -1.52. The number of benzene rings is 1. The number of nitrogens with zero attached hydrogens (tertiary/aromatic N) is 1. The average molecular weight is 241 g/mol. The van der Waals surface area contributed by atoms with Crippen LogP contribution in [-0.4, -0.2) is 12.1 Å². The van der Waals surface area contributed by atoms with Crippen molar-refractivity contribution in [1.29, 1.82) is 0 Å². The monoisotopic (exact) mass is 240 g/mol. The van der Waals surface area contributed by atoms with Crippen molar-refractivity contribution in [2.45, 2.75) is 6.54 Å². The highest BCUT2D eigenvalue weighted by Gasteiger charge is 2.04. The molecule has 86 valence electrons. The molecule has 2 rings (SSSR count). The molecule has 2 N–H and O–H groups in total. The first-order valence-electron chi connectivity index (χ1n) is 4.62. The molecule has 0 aliphatic rings. The zero-order valence-electron chi connectivity index (χ0n) is 8.84. The normalized spacial score (nSPS) is 9.62. The zero-order chi connectivity index (χ0) is 10.7. The third-order valence-corrected chi connectivity index (χ3v) is 2.10. The molecule has 1 aromatic heterocycles. The molecule has 0 bridgehead atoms. The topological polar surface area (TPSA) is 61.3 Å². The van der Waals surface area contributed by atoms with Crippen molar-refractivity contribution in [3.05, 3.63) is 36.4 Å². The minimum atomic E-state index is 0. The second kappa shape index (κ2) is 5.53. The van der Waals surface area contributed by atoms with Gasteiger partial charge in [0.15, 0.2) is 5.76 Å². The van der Waals surface area contributed by atoms with Gasteiger partial charge < -0.3 is 14.9 Å². The number of ether oxygens (including phenoxy) is 1. The lowest BCUT2D eigenvalue weighted by molar-refractivity contribution is 0.415. The van der Waals surface area contributed by atoms with Crippen LogP contribution in [0.4, 0.5) is 0 Å². The van der Waals surface area contributed by atoms with Crippen molar-refractivity contribution in [2.75, 3.05) is 7.11 Å². The number of rotatable bonds is 3. The molecule has 0 saturated carbocycles. The van der Waals surface area contributed by atoms with Crippen LogP contribution in [0.25, 0.3) is 11.3 Å². The fraction of sp³-hybridized carbons (Fsp3) is 0.182. The summed E-state index contributed by atoms with van der Waals surface area (Å²) in [4.78, 5) is 4.03. The Bertz CT molecular complexity index is 440.